The molecule has 35 heavy (non-hydrogen) atoms. The summed E-state index contributed by atoms with van der Waals surface area (Å²) in [6.45, 7) is 13.8. The smallest absolute Gasteiger partial charge is 0.435 e. The minimum atomic E-state index is -0.619. The molecule has 3 heterocycles. The van der Waals surface area contributed by atoms with Gasteiger partial charge in [0.05, 0.1) is 17.3 Å². The fourth-order valence-corrected chi connectivity index (χ4v) is 3.65. The van der Waals surface area contributed by atoms with Crippen molar-refractivity contribution < 1.29 is 23.8 Å². The first kappa shape index (κ1) is 24.5. The molecule has 1 aliphatic rings. The van der Waals surface area contributed by atoms with E-state index in [0.29, 0.717) is 30.2 Å². The largest absolute Gasteiger partial charge is 0.475 e. The van der Waals surface area contributed by atoms with Gasteiger partial charge in [-0.15, -0.1) is 0 Å². The number of pyridine rings is 1. The van der Waals surface area contributed by atoms with Crippen LogP contribution in [0.25, 0.3) is 22.0 Å². The first-order chi connectivity index (χ1) is 16.3. The number of carbonyl (C=O) groups excluding carboxylic acids is 2. The van der Waals surface area contributed by atoms with Gasteiger partial charge in [0.25, 0.3) is 0 Å². The normalized spacial score (nSPS) is 15.7. The lowest BCUT2D eigenvalue weighted by Crippen LogP contribution is -2.28. The predicted octanol–water partition coefficient (Wildman–Crippen LogP) is 5.19. The Bertz CT molecular complexity index is 1270. The molecule has 186 valence electrons. The van der Waals surface area contributed by atoms with Crippen LogP contribution in [-0.2, 0) is 9.47 Å². The topological polar surface area (TPSA) is 95.6 Å². The van der Waals surface area contributed by atoms with E-state index in [2.05, 4.69) is 10.1 Å². The molecule has 0 radical (unpaired) electrons. The van der Waals surface area contributed by atoms with E-state index in [1.54, 1.807) is 11.1 Å². The van der Waals surface area contributed by atoms with E-state index in [1.807, 2.05) is 78.8 Å². The number of benzene rings is 1. The Morgan fingerprint density at radius 1 is 1.03 bits per heavy atom. The molecule has 9 nitrogen and oxygen atoms in total. The van der Waals surface area contributed by atoms with Crippen LogP contribution in [0.15, 0.2) is 36.5 Å². The molecule has 0 aliphatic carbocycles. The Morgan fingerprint density at radius 3 is 2.40 bits per heavy atom. The fourth-order valence-electron chi connectivity index (χ4n) is 3.65. The molecule has 1 fully saturated rings. The molecular weight excluding hydrogens is 448 g/mol. The zero-order chi connectivity index (χ0) is 25.5. The number of aryl methyl sites for hydroxylation is 1. The molecule has 0 N–H and O–H groups in total. The molecule has 1 aliphatic heterocycles. The number of ether oxygens (including phenoxy) is 3. The Hall–Kier alpha value is -3.62. The lowest BCUT2D eigenvalue weighted by molar-refractivity contribution is 0.0396. The minimum absolute atomic E-state index is 0.0449. The Kier molecular flexibility index (Phi) is 6.21. The summed E-state index contributed by atoms with van der Waals surface area (Å²) in [4.78, 5) is 30.9. The second-order valence-corrected chi connectivity index (χ2v) is 10.7. The van der Waals surface area contributed by atoms with E-state index < -0.39 is 17.3 Å². The van der Waals surface area contributed by atoms with Gasteiger partial charge in [-0.1, -0.05) is 6.07 Å². The molecule has 0 saturated carbocycles. The Morgan fingerprint density at radius 2 is 1.71 bits per heavy atom. The van der Waals surface area contributed by atoms with Crippen molar-refractivity contribution >= 4 is 23.1 Å². The van der Waals surface area contributed by atoms with Crippen molar-refractivity contribution in [1.82, 2.24) is 19.7 Å². The maximum atomic E-state index is 12.6. The van der Waals surface area contributed by atoms with Gasteiger partial charge in [0.1, 0.15) is 17.8 Å². The van der Waals surface area contributed by atoms with Crippen molar-refractivity contribution in [2.75, 3.05) is 13.2 Å². The summed E-state index contributed by atoms with van der Waals surface area (Å²) in [6, 6.07) is 9.43. The van der Waals surface area contributed by atoms with E-state index in [1.165, 1.54) is 4.68 Å². The van der Waals surface area contributed by atoms with Gasteiger partial charge in [0.15, 0.2) is 0 Å². The number of hydrogen-bond acceptors (Lipinski definition) is 7. The number of aromatic nitrogens is 3. The third-order valence-electron chi connectivity index (χ3n) is 5.27. The third kappa shape index (κ3) is 5.72. The molecule has 0 bridgehead atoms. The highest BCUT2D eigenvalue weighted by Crippen LogP contribution is 2.32. The molecule has 4 rings (SSSR count). The SMILES string of the molecule is Cc1nn(C(=O)OC(C)(C)C)c2ccc(-c3cccnc3OCC3CN3C(=O)OC(C)(C)C)cc12. The summed E-state index contributed by atoms with van der Waals surface area (Å²) >= 11 is 0. The van der Waals surface area contributed by atoms with E-state index in [0.717, 1.165) is 16.5 Å². The summed E-state index contributed by atoms with van der Waals surface area (Å²) in [5, 5.41) is 5.23. The molecule has 2 aromatic heterocycles. The third-order valence-corrected chi connectivity index (χ3v) is 5.27. The fraction of sp³-hybridized carbons (Fsp3) is 0.462. The Balaban J connectivity index is 1.52. The van der Waals surface area contributed by atoms with Crippen LogP contribution in [-0.4, -0.2) is 62.2 Å². The highest BCUT2D eigenvalue weighted by atomic mass is 16.6. The van der Waals surface area contributed by atoms with E-state index in [9.17, 15) is 9.59 Å². The number of amides is 1. The number of fused-ring (bicyclic) bond motifs is 1. The van der Waals surface area contributed by atoms with Crippen LogP contribution in [0.2, 0.25) is 0 Å². The zero-order valence-electron chi connectivity index (χ0n) is 21.3. The Labute approximate surface area is 205 Å². The van der Waals surface area contributed by atoms with Crippen LogP contribution in [0, 0.1) is 6.92 Å². The van der Waals surface area contributed by atoms with Crippen LogP contribution in [0.5, 0.6) is 5.88 Å². The second-order valence-electron chi connectivity index (χ2n) is 10.7. The predicted molar refractivity (Wildman–Crippen MR) is 132 cm³/mol. The second kappa shape index (κ2) is 8.87. The van der Waals surface area contributed by atoms with Crippen molar-refractivity contribution in [3.63, 3.8) is 0 Å². The maximum absolute atomic E-state index is 12.6. The van der Waals surface area contributed by atoms with E-state index in [4.69, 9.17) is 14.2 Å². The summed E-state index contributed by atoms with van der Waals surface area (Å²) in [5.41, 5.74) is 1.91. The van der Waals surface area contributed by atoms with E-state index in [-0.39, 0.29) is 12.1 Å². The molecule has 1 aromatic carbocycles. The zero-order valence-corrected chi connectivity index (χ0v) is 21.3. The average molecular weight is 481 g/mol. The molecule has 0 spiro atoms. The number of hydrogen-bond donors (Lipinski definition) is 0. The summed E-state index contributed by atoms with van der Waals surface area (Å²) in [6.07, 6.45) is 0.810. The van der Waals surface area contributed by atoms with Gasteiger partial charge in [0.2, 0.25) is 5.88 Å². The van der Waals surface area contributed by atoms with Crippen molar-refractivity contribution in [3.8, 4) is 17.0 Å². The first-order valence-electron chi connectivity index (χ1n) is 11.6. The summed E-state index contributed by atoms with van der Waals surface area (Å²) < 4.78 is 18.2. The summed E-state index contributed by atoms with van der Waals surface area (Å²) in [7, 11) is 0. The molecule has 1 saturated heterocycles. The number of nitrogens with zero attached hydrogens (tertiary/aromatic N) is 4. The van der Waals surface area contributed by atoms with Crippen LogP contribution >= 0.6 is 0 Å². The van der Waals surface area contributed by atoms with Crippen molar-refractivity contribution in [2.24, 2.45) is 0 Å². The van der Waals surface area contributed by atoms with Crippen LogP contribution in [0.4, 0.5) is 9.59 Å². The quantitative estimate of drug-likeness (QED) is 0.474. The van der Waals surface area contributed by atoms with Crippen LogP contribution < -0.4 is 4.74 Å². The van der Waals surface area contributed by atoms with Gasteiger partial charge in [-0.25, -0.2) is 14.6 Å². The van der Waals surface area contributed by atoms with Crippen LogP contribution in [0.1, 0.15) is 47.2 Å². The minimum Gasteiger partial charge on any atom is -0.475 e. The number of rotatable bonds is 4. The molecule has 1 unspecified atom stereocenters. The summed E-state index contributed by atoms with van der Waals surface area (Å²) in [5.74, 6) is 0.472. The standard InChI is InChI=1S/C26H32N4O5/c1-16-20-13-17(10-11-21(20)30(28-16)24(32)35-26(5,6)7)19-9-8-12-27-22(19)33-15-18-14-29(18)23(31)34-25(2,3)4/h8-13,18H,14-15H2,1-7H3. The lowest BCUT2D eigenvalue weighted by Gasteiger charge is -2.20. The maximum Gasteiger partial charge on any atom is 0.435 e. The molecule has 1 amide bonds. The van der Waals surface area contributed by atoms with Gasteiger partial charge in [-0.3, -0.25) is 4.90 Å². The lowest BCUT2D eigenvalue weighted by atomic mass is 10.0. The molecular formula is C26H32N4O5. The average Bonchev–Trinajstić information content (AvgIpc) is 3.46. The van der Waals surface area contributed by atoms with Crippen molar-refractivity contribution in [2.45, 2.75) is 65.7 Å². The van der Waals surface area contributed by atoms with E-state index >= 15 is 0 Å². The van der Waals surface area contributed by atoms with Crippen LogP contribution in [0.3, 0.4) is 0 Å². The number of carbonyl (C=O) groups is 2. The van der Waals surface area contributed by atoms with Gasteiger partial charge in [-0.05, 0) is 78.3 Å². The van der Waals surface area contributed by atoms with Gasteiger partial charge in [0, 0.05) is 23.7 Å². The highest BCUT2D eigenvalue weighted by Gasteiger charge is 2.41. The van der Waals surface area contributed by atoms with Crippen molar-refractivity contribution in [3.05, 3.63) is 42.2 Å². The van der Waals surface area contributed by atoms with Gasteiger partial charge < -0.3 is 14.2 Å². The van der Waals surface area contributed by atoms with Gasteiger partial charge in [-0.2, -0.15) is 9.78 Å². The van der Waals surface area contributed by atoms with Gasteiger partial charge >= 0.3 is 12.2 Å². The molecule has 3 aromatic rings. The molecule has 1 atom stereocenters. The first-order valence-corrected chi connectivity index (χ1v) is 11.6. The van der Waals surface area contributed by atoms with Crippen molar-refractivity contribution in [1.29, 1.82) is 0 Å². The monoisotopic (exact) mass is 480 g/mol. The highest BCUT2D eigenvalue weighted by molar-refractivity contribution is 5.93. The molecule has 9 heteroatoms.